The number of amidine groups is 1. The van der Waals surface area contributed by atoms with E-state index < -0.39 is 10.5 Å². The van der Waals surface area contributed by atoms with Crippen molar-refractivity contribution in [1.29, 1.82) is 10.8 Å². The van der Waals surface area contributed by atoms with Gasteiger partial charge >= 0.3 is 0 Å². The first-order valence-corrected chi connectivity index (χ1v) is 2.90. The van der Waals surface area contributed by atoms with Crippen LogP contribution in [0.5, 0.6) is 0 Å². The van der Waals surface area contributed by atoms with Gasteiger partial charge in [-0.25, -0.2) is 4.99 Å². The van der Waals surface area contributed by atoms with Crippen molar-refractivity contribution in [2.24, 2.45) is 4.99 Å². The number of hydrogen-bond donors (Lipinski definition) is 2. The molecule has 0 aromatic carbocycles. The van der Waals surface area contributed by atoms with Crippen molar-refractivity contribution in [3.05, 3.63) is 0 Å². The monoisotopic (exact) mass is 185 g/mol. The number of halogens is 3. The summed E-state index contributed by atoms with van der Waals surface area (Å²) in [6.07, 6.45) is 0. The summed E-state index contributed by atoms with van der Waals surface area (Å²) < 4.78 is 0. The lowest BCUT2D eigenvalue weighted by Gasteiger charge is -1.86. The van der Waals surface area contributed by atoms with Crippen LogP contribution >= 0.6 is 34.8 Å². The number of hydrogen-bond acceptors (Lipinski definition) is 2. The molecule has 0 bridgehead atoms. The average molecular weight is 186 g/mol. The molecule has 0 rings (SSSR count). The second-order valence-electron chi connectivity index (χ2n) is 1.01. The van der Waals surface area contributed by atoms with Crippen molar-refractivity contribution in [3.8, 4) is 0 Å². The van der Waals surface area contributed by atoms with Gasteiger partial charge in [-0.3, -0.25) is 10.8 Å². The quantitative estimate of drug-likeness (QED) is 0.358. The molecule has 0 unspecified atom stereocenters. The van der Waals surface area contributed by atoms with Crippen LogP contribution in [0.2, 0.25) is 0 Å². The minimum absolute atomic E-state index is 0.281. The van der Waals surface area contributed by atoms with Crippen molar-refractivity contribution in [2.75, 3.05) is 0 Å². The summed E-state index contributed by atoms with van der Waals surface area (Å²) in [5.41, 5.74) is 0. The Morgan fingerprint density at radius 3 is 1.67 bits per heavy atom. The Kier molecular flexibility index (Phi) is 3.77. The van der Waals surface area contributed by atoms with E-state index >= 15 is 0 Å². The average Bonchev–Trinajstić information content (AvgIpc) is 1.63. The minimum atomic E-state index is -0.495. The summed E-state index contributed by atoms with van der Waals surface area (Å²) in [6.45, 7) is 0. The highest BCUT2D eigenvalue weighted by atomic mass is 35.5. The molecule has 2 N–H and O–H groups in total. The molecule has 0 atom stereocenters. The molecule has 0 aromatic rings. The normalized spacial score (nSPS) is 11.2. The van der Waals surface area contributed by atoms with Gasteiger partial charge in [-0.15, -0.1) is 0 Å². The van der Waals surface area contributed by atoms with Gasteiger partial charge in [0.15, 0.2) is 10.3 Å². The van der Waals surface area contributed by atoms with Crippen LogP contribution in [-0.4, -0.2) is 15.6 Å². The number of nitrogens with zero attached hydrogens (tertiary/aromatic N) is 1. The van der Waals surface area contributed by atoms with E-state index in [2.05, 4.69) is 4.99 Å². The Morgan fingerprint density at radius 2 is 1.56 bits per heavy atom. The molecule has 0 spiro atoms. The number of aliphatic imine (C=N–C) groups is 1. The lowest BCUT2D eigenvalue weighted by molar-refractivity contribution is 1.50. The fourth-order valence-electron chi connectivity index (χ4n) is 0.135. The maximum Gasteiger partial charge on any atom is 0.216 e. The Balaban J connectivity index is 4.17. The van der Waals surface area contributed by atoms with Crippen molar-refractivity contribution in [3.63, 3.8) is 0 Å². The zero-order valence-corrected chi connectivity index (χ0v) is 6.35. The lowest BCUT2D eigenvalue weighted by Crippen LogP contribution is -1.98. The molecule has 0 aromatic heterocycles. The summed E-state index contributed by atoms with van der Waals surface area (Å²) in [5.74, 6) is 0. The number of rotatable bonds is 1. The smallest absolute Gasteiger partial charge is 0.216 e. The third kappa shape index (κ3) is 4.39. The Hall–Kier alpha value is -0.120. The largest absolute Gasteiger partial charge is 0.287 e. The molecule has 0 aliphatic heterocycles. The van der Waals surface area contributed by atoms with Gasteiger partial charge in [-0.2, -0.15) is 0 Å². The molecule has 50 valence electrons. The van der Waals surface area contributed by atoms with Crippen molar-refractivity contribution >= 4 is 50.4 Å². The molecular formula is C3H2Cl3N3. The van der Waals surface area contributed by atoms with Crippen LogP contribution in [0.3, 0.4) is 0 Å². The first-order valence-electron chi connectivity index (χ1n) is 1.76. The van der Waals surface area contributed by atoms with Crippen LogP contribution in [0.15, 0.2) is 4.99 Å². The highest BCUT2D eigenvalue weighted by Gasteiger charge is 1.98. The van der Waals surface area contributed by atoms with Gasteiger partial charge in [-0.05, 0) is 11.6 Å². The first-order chi connectivity index (χ1) is 4.04. The summed E-state index contributed by atoms with van der Waals surface area (Å²) >= 11 is 15.2. The summed E-state index contributed by atoms with van der Waals surface area (Å²) in [4.78, 5) is 3.15. The van der Waals surface area contributed by atoms with E-state index in [-0.39, 0.29) is 5.17 Å². The first kappa shape index (κ1) is 8.88. The van der Waals surface area contributed by atoms with E-state index in [0.29, 0.717) is 0 Å². The molecule has 0 fully saturated rings. The lowest BCUT2D eigenvalue weighted by atomic mass is 10.8. The molecule has 0 saturated carbocycles. The van der Waals surface area contributed by atoms with Gasteiger partial charge in [-0.1, -0.05) is 23.2 Å². The number of nitrogens with one attached hydrogen (secondary N) is 2. The van der Waals surface area contributed by atoms with Gasteiger partial charge in [0.2, 0.25) is 5.29 Å². The van der Waals surface area contributed by atoms with Gasteiger partial charge in [0.25, 0.3) is 0 Å². The predicted molar refractivity (Wildman–Crippen MR) is 40.4 cm³/mol. The molecule has 0 heterocycles. The van der Waals surface area contributed by atoms with Crippen LogP contribution in [0.4, 0.5) is 0 Å². The molecule has 3 nitrogen and oxygen atoms in total. The van der Waals surface area contributed by atoms with E-state index in [9.17, 15) is 0 Å². The maximum atomic E-state index is 6.64. The second-order valence-corrected chi connectivity index (χ2v) is 2.10. The summed E-state index contributed by atoms with van der Waals surface area (Å²) in [7, 11) is 0. The standard InChI is InChI=1S/C3H2Cl3N3/c4-1(7)2(5)9-3(6)8/h7-8H/b7-1?,8-3?,9-2+. The van der Waals surface area contributed by atoms with Gasteiger partial charge in [0, 0.05) is 0 Å². The SMILES string of the molecule is N=C(Cl)/N=C(/Cl)C(=N)Cl. The third-order valence-corrected chi connectivity index (χ3v) is 1.01. The molecular weight excluding hydrogens is 184 g/mol. The Morgan fingerprint density at radius 1 is 1.11 bits per heavy atom. The van der Waals surface area contributed by atoms with Crippen LogP contribution in [0, 0.1) is 10.8 Å². The molecule has 0 saturated heterocycles. The van der Waals surface area contributed by atoms with E-state index in [4.69, 9.17) is 45.6 Å². The van der Waals surface area contributed by atoms with Crippen molar-refractivity contribution in [1.82, 2.24) is 0 Å². The molecule has 0 radical (unpaired) electrons. The fraction of sp³-hybridized carbons (Fsp3) is 0. The van der Waals surface area contributed by atoms with E-state index in [0.717, 1.165) is 0 Å². The van der Waals surface area contributed by atoms with Gasteiger partial charge in [0.1, 0.15) is 0 Å². The van der Waals surface area contributed by atoms with Gasteiger partial charge in [0.05, 0.1) is 0 Å². The van der Waals surface area contributed by atoms with Crippen LogP contribution < -0.4 is 0 Å². The topological polar surface area (TPSA) is 60.1 Å². The van der Waals surface area contributed by atoms with E-state index in [1.54, 1.807) is 0 Å². The second kappa shape index (κ2) is 3.82. The van der Waals surface area contributed by atoms with Crippen molar-refractivity contribution in [2.45, 2.75) is 0 Å². The van der Waals surface area contributed by atoms with E-state index in [1.165, 1.54) is 0 Å². The molecule has 9 heavy (non-hydrogen) atoms. The van der Waals surface area contributed by atoms with Gasteiger partial charge < -0.3 is 0 Å². The zero-order chi connectivity index (χ0) is 7.44. The van der Waals surface area contributed by atoms with Crippen LogP contribution in [-0.2, 0) is 0 Å². The molecule has 6 heteroatoms. The molecule has 0 aliphatic carbocycles. The molecule has 0 aliphatic rings. The zero-order valence-electron chi connectivity index (χ0n) is 4.08. The van der Waals surface area contributed by atoms with Crippen LogP contribution in [0.25, 0.3) is 0 Å². The van der Waals surface area contributed by atoms with Crippen molar-refractivity contribution < 1.29 is 0 Å². The third-order valence-electron chi connectivity index (χ3n) is 0.377. The Labute approximate surface area is 66.6 Å². The highest BCUT2D eigenvalue weighted by molar-refractivity contribution is 7.00. The van der Waals surface area contributed by atoms with E-state index in [1.807, 2.05) is 0 Å². The maximum absolute atomic E-state index is 6.64. The molecule has 0 amide bonds. The Bertz CT molecular complexity index is 173. The van der Waals surface area contributed by atoms with Crippen LogP contribution in [0.1, 0.15) is 0 Å². The summed E-state index contributed by atoms with van der Waals surface area (Å²) in [6, 6.07) is 0. The summed E-state index contributed by atoms with van der Waals surface area (Å²) in [5, 5.41) is 12.0. The minimum Gasteiger partial charge on any atom is -0.287 e. The fourth-order valence-corrected chi connectivity index (χ4v) is 0.390. The highest BCUT2D eigenvalue weighted by Crippen LogP contribution is 1.95. The predicted octanol–water partition coefficient (Wildman–Crippen LogP) is 2.01.